The monoisotopic (exact) mass is 276 g/mol. The van der Waals surface area contributed by atoms with Crippen LogP contribution in [-0.4, -0.2) is 16.7 Å². The molecule has 102 valence electrons. The molecule has 1 fully saturated rings. The molecule has 0 saturated heterocycles. The maximum absolute atomic E-state index is 5.47. The molecule has 1 saturated carbocycles. The van der Waals surface area contributed by atoms with Crippen LogP contribution in [0.5, 0.6) is 5.75 Å². The average molecular weight is 276 g/mol. The van der Waals surface area contributed by atoms with Gasteiger partial charge in [0.25, 0.3) is 0 Å². The van der Waals surface area contributed by atoms with Crippen molar-refractivity contribution in [2.75, 3.05) is 7.11 Å². The summed E-state index contributed by atoms with van der Waals surface area (Å²) in [6, 6.07) is 6.11. The molecule has 1 N–H and O–H groups in total. The molecule has 1 aromatic carbocycles. The number of aromatic nitrogens is 2. The highest BCUT2D eigenvalue weighted by Gasteiger charge is 2.24. The Hall–Kier alpha value is -1.29. The van der Waals surface area contributed by atoms with Crippen molar-refractivity contribution in [2.45, 2.75) is 32.7 Å². The number of rotatable bonds is 3. The van der Waals surface area contributed by atoms with Crippen LogP contribution in [0.25, 0.3) is 11.0 Å². The number of aromatic amines is 1. The van der Waals surface area contributed by atoms with E-state index in [1.54, 1.807) is 7.11 Å². The van der Waals surface area contributed by atoms with Crippen molar-refractivity contribution in [1.82, 2.24) is 9.55 Å². The molecule has 1 aliphatic rings. The molecule has 1 aromatic heterocycles. The van der Waals surface area contributed by atoms with Crippen molar-refractivity contribution >= 4 is 23.3 Å². The van der Waals surface area contributed by atoms with Gasteiger partial charge < -0.3 is 14.3 Å². The zero-order valence-corrected chi connectivity index (χ0v) is 12.3. The van der Waals surface area contributed by atoms with Crippen molar-refractivity contribution in [2.24, 2.45) is 11.8 Å². The van der Waals surface area contributed by atoms with Gasteiger partial charge in [0.05, 0.1) is 18.1 Å². The predicted octanol–water partition coefficient (Wildman–Crippen LogP) is 4.14. The van der Waals surface area contributed by atoms with E-state index in [0.717, 1.165) is 34.4 Å². The molecular formula is C15H20N2OS. The first-order chi connectivity index (χ1) is 9.19. The highest BCUT2D eigenvalue weighted by molar-refractivity contribution is 7.71. The number of hydrogen-bond acceptors (Lipinski definition) is 2. The van der Waals surface area contributed by atoms with Crippen LogP contribution in [0.15, 0.2) is 18.2 Å². The minimum atomic E-state index is 0.757. The van der Waals surface area contributed by atoms with E-state index < -0.39 is 0 Å². The van der Waals surface area contributed by atoms with E-state index >= 15 is 0 Å². The van der Waals surface area contributed by atoms with E-state index in [4.69, 9.17) is 17.0 Å². The van der Waals surface area contributed by atoms with Crippen LogP contribution in [0.2, 0.25) is 0 Å². The van der Waals surface area contributed by atoms with Crippen LogP contribution < -0.4 is 4.74 Å². The van der Waals surface area contributed by atoms with E-state index in [-0.39, 0.29) is 0 Å². The normalized spacial score (nSPS) is 23.1. The van der Waals surface area contributed by atoms with Gasteiger partial charge >= 0.3 is 0 Å². The lowest BCUT2D eigenvalue weighted by molar-refractivity contribution is 0.366. The summed E-state index contributed by atoms with van der Waals surface area (Å²) in [6.07, 6.45) is 4.04. The molecule has 19 heavy (non-hydrogen) atoms. The Morgan fingerprint density at radius 3 is 2.95 bits per heavy atom. The Morgan fingerprint density at radius 1 is 1.42 bits per heavy atom. The van der Waals surface area contributed by atoms with Crippen molar-refractivity contribution < 1.29 is 4.74 Å². The summed E-state index contributed by atoms with van der Waals surface area (Å²) in [5, 5.41) is 0. The molecule has 2 atom stereocenters. The fourth-order valence-electron chi connectivity index (χ4n) is 3.18. The molecule has 0 radical (unpaired) electrons. The molecule has 2 unspecified atom stereocenters. The van der Waals surface area contributed by atoms with E-state index in [0.29, 0.717) is 0 Å². The lowest BCUT2D eigenvalue weighted by atomic mass is 9.98. The first kappa shape index (κ1) is 12.7. The number of benzene rings is 1. The molecule has 1 heterocycles. The predicted molar refractivity (Wildman–Crippen MR) is 80.2 cm³/mol. The number of fused-ring (bicyclic) bond motifs is 1. The topological polar surface area (TPSA) is 29.9 Å². The van der Waals surface area contributed by atoms with Gasteiger partial charge in [-0.1, -0.05) is 19.8 Å². The molecule has 0 bridgehead atoms. The Kier molecular flexibility index (Phi) is 3.35. The maximum Gasteiger partial charge on any atom is 0.178 e. The number of nitrogens with one attached hydrogen (secondary N) is 1. The number of H-pyrrole nitrogens is 1. The number of hydrogen-bond donors (Lipinski definition) is 1. The molecule has 2 aromatic rings. The summed E-state index contributed by atoms with van der Waals surface area (Å²) in [7, 11) is 1.69. The summed E-state index contributed by atoms with van der Waals surface area (Å²) in [4.78, 5) is 3.29. The highest BCUT2D eigenvalue weighted by atomic mass is 32.1. The van der Waals surface area contributed by atoms with Gasteiger partial charge in [-0.3, -0.25) is 0 Å². The quantitative estimate of drug-likeness (QED) is 0.854. The molecule has 3 rings (SSSR count). The molecule has 0 amide bonds. The zero-order chi connectivity index (χ0) is 13.4. The molecule has 1 aliphatic carbocycles. The van der Waals surface area contributed by atoms with Crippen LogP contribution in [0.1, 0.15) is 26.2 Å². The van der Waals surface area contributed by atoms with Gasteiger partial charge in [0.2, 0.25) is 0 Å². The lowest BCUT2D eigenvalue weighted by Gasteiger charge is -2.16. The minimum Gasteiger partial charge on any atom is -0.497 e. The Bertz CT molecular complexity index is 643. The van der Waals surface area contributed by atoms with Gasteiger partial charge in [-0.2, -0.15) is 0 Å². The lowest BCUT2D eigenvalue weighted by Crippen LogP contribution is -2.13. The first-order valence-corrected chi connectivity index (χ1v) is 7.36. The summed E-state index contributed by atoms with van der Waals surface area (Å²) in [6.45, 7) is 3.39. The SMILES string of the molecule is COc1ccc2c(c1)[nH]c(=S)n2CC1CCCC1C. The van der Waals surface area contributed by atoms with Crippen LogP contribution >= 0.6 is 12.2 Å². The highest BCUT2D eigenvalue weighted by Crippen LogP contribution is 2.33. The maximum atomic E-state index is 5.47. The van der Waals surface area contributed by atoms with Crippen molar-refractivity contribution in [3.63, 3.8) is 0 Å². The number of imidazole rings is 1. The minimum absolute atomic E-state index is 0.757. The van der Waals surface area contributed by atoms with Gasteiger partial charge in [-0.15, -0.1) is 0 Å². The van der Waals surface area contributed by atoms with Crippen LogP contribution in [0.3, 0.4) is 0 Å². The molecule has 4 heteroatoms. The van der Waals surface area contributed by atoms with E-state index in [2.05, 4.69) is 22.5 Å². The van der Waals surface area contributed by atoms with Crippen LogP contribution in [0, 0.1) is 16.6 Å². The average Bonchev–Trinajstić information content (AvgIpc) is 2.94. The first-order valence-electron chi connectivity index (χ1n) is 6.95. The van der Waals surface area contributed by atoms with Gasteiger partial charge in [-0.05, 0) is 42.6 Å². The van der Waals surface area contributed by atoms with Crippen LogP contribution in [-0.2, 0) is 6.54 Å². The molecule has 0 spiro atoms. The summed E-state index contributed by atoms with van der Waals surface area (Å²) >= 11 is 5.47. The standard InChI is InChI=1S/C15H20N2OS/c1-10-4-3-5-11(10)9-17-14-7-6-12(18-2)8-13(14)16-15(17)19/h6-8,10-11H,3-5,9H2,1-2H3,(H,16,19). The zero-order valence-electron chi connectivity index (χ0n) is 11.5. The van der Waals surface area contributed by atoms with Gasteiger partial charge in [0.15, 0.2) is 4.77 Å². The Balaban J connectivity index is 1.98. The second kappa shape index (κ2) is 5.00. The third kappa shape index (κ3) is 2.29. The molecular weight excluding hydrogens is 256 g/mol. The van der Waals surface area contributed by atoms with Gasteiger partial charge in [-0.25, -0.2) is 0 Å². The fourth-order valence-corrected chi connectivity index (χ4v) is 3.46. The van der Waals surface area contributed by atoms with Gasteiger partial charge in [0, 0.05) is 12.6 Å². The smallest absolute Gasteiger partial charge is 0.178 e. The summed E-state index contributed by atoms with van der Waals surface area (Å²) < 4.78 is 8.33. The van der Waals surface area contributed by atoms with Crippen molar-refractivity contribution in [3.05, 3.63) is 23.0 Å². The van der Waals surface area contributed by atoms with Gasteiger partial charge in [0.1, 0.15) is 5.75 Å². The number of nitrogens with zero attached hydrogens (tertiary/aromatic N) is 1. The Morgan fingerprint density at radius 2 is 2.26 bits per heavy atom. The van der Waals surface area contributed by atoms with E-state index in [1.807, 2.05) is 12.1 Å². The third-order valence-corrected chi connectivity index (χ3v) is 4.76. The van der Waals surface area contributed by atoms with Crippen molar-refractivity contribution in [1.29, 1.82) is 0 Å². The van der Waals surface area contributed by atoms with E-state index in [1.165, 1.54) is 24.8 Å². The largest absolute Gasteiger partial charge is 0.497 e. The van der Waals surface area contributed by atoms with E-state index in [9.17, 15) is 0 Å². The van der Waals surface area contributed by atoms with Crippen LogP contribution in [0.4, 0.5) is 0 Å². The third-order valence-electron chi connectivity index (χ3n) is 4.44. The Labute approximate surface area is 118 Å². The molecule has 3 nitrogen and oxygen atoms in total. The van der Waals surface area contributed by atoms with Crippen molar-refractivity contribution in [3.8, 4) is 5.75 Å². The second-order valence-corrected chi connectivity index (χ2v) is 5.98. The number of ether oxygens (including phenoxy) is 1. The number of methoxy groups -OCH3 is 1. The molecule has 0 aliphatic heterocycles. The second-order valence-electron chi connectivity index (χ2n) is 5.59. The fraction of sp³-hybridized carbons (Fsp3) is 0.533. The summed E-state index contributed by atoms with van der Waals surface area (Å²) in [5.41, 5.74) is 2.25. The summed E-state index contributed by atoms with van der Waals surface area (Å²) in [5.74, 6) is 2.43.